The van der Waals surface area contributed by atoms with Gasteiger partial charge in [-0.15, -0.1) is 0 Å². The first-order chi connectivity index (χ1) is 7.30. The molecule has 0 radical (unpaired) electrons. The smallest absolute Gasteiger partial charge is 0.405 e. The van der Waals surface area contributed by atoms with E-state index in [1.54, 1.807) is 14.1 Å². The van der Waals surface area contributed by atoms with Gasteiger partial charge in [0.1, 0.15) is 6.61 Å². The largest absolute Gasteiger partial charge is 0.465 e. The molecule has 0 saturated carbocycles. The molecule has 0 fully saturated rings. The van der Waals surface area contributed by atoms with Crippen molar-refractivity contribution in [2.24, 2.45) is 0 Å². The van der Waals surface area contributed by atoms with Gasteiger partial charge in [-0.1, -0.05) is 0 Å². The molecule has 0 aliphatic heterocycles. The molecular weight excluding hydrogens is 216 g/mol. The van der Waals surface area contributed by atoms with Crippen molar-refractivity contribution in [3.05, 3.63) is 0 Å². The third-order valence-corrected chi connectivity index (χ3v) is 1.90. The van der Waals surface area contributed by atoms with E-state index in [1.807, 2.05) is 0 Å². The fourth-order valence-electron chi connectivity index (χ4n) is 0.872. The highest BCUT2D eigenvalue weighted by molar-refractivity contribution is 5.76. The van der Waals surface area contributed by atoms with Crippen molar-refractivity contribution in [3.8, 4) is 0 Å². The Balaban J connectivity index is 4.05. The highest BCUT2D eigenvalue weighted by atomic mass is 16.5. The molecular formula is C9H18N2O5. The molecule has 7 heteroatoms. The molecule has 0 aromatic heterocycles. The molecule has 0 spiro atoms. The lowest BCUT2D eigenvalue weighted by molar-refractivity contribution is -0.134. The summed E-state index contributed by atoms with van der Waals surface area (Å²) in [6.45, 7) is 0.857. The van der Waals surface area contributed by atoms with Gasteiger partial charge in [0.15, 0.2) is 0 Å². The van der Waals surface area contributed by atoms with Gasteiger partial charge in [-0.3, -0.25) is 4.79 Å². The number of likely N-dealkylation sites (N-methyl/N-ethyl adjacent to an activating group) is 1. The maximum atomic E-state index is 11.1. The van der Waals surface area contributed by atoms with Crippen molar-refractivity contribution in [1.29, 1.82) is 0 Å². The SMILES string of the molecule is CN(C)C(=O)COCC(C)(CO)NC(=O)O. The van der Waals surface area contributed by atoms with Crippen LogP contribution in [0.1, 0.15) is 6.92 Å². The summed E-state index contributed by atoms with van der Waals surface area (Å²) in [5, 5.41) is 19.7. The van der Waals surface area contributed by atoms with Crippen molar-refractivity contribution in [2.45, 2.75) is 12.5 Å². The fourth-order valence-corrected chi connectivity index (χ4v) is 0.872. The summed E-state index contributed by atoms with van der Waals surface area (Å²) < 4.78 is 5.04. The molecule has 2 amide bonds. The highest BCUT2D eigenvalue weighted by Crippen LogP contribution is 2.03. The van der Waals surface area contributed by atoms with Crippen LogP contribution in [0.5, 0.6) is 0 Å². The Morgan fingerprint density at radius 1 is 1.44 bits per heavy atom. The van der Waals surface area contributed by atoms with Crippen LogP contribution in [0.15, 0.2) is 0 Å². The summed E-state index contributed by atoms with van der Waals surface area (Å²) in [6.07, 6.45) is -1.25. The van der Waals surface area contributed by atoms with E-state index >= 15 is 0 Å². The van der Waals surface area contributed by atoms with Gasteiger partial charge in [0.25, 0.3) is 0 Å². The Morgan fingerprint density at radius 2 is 2.00 bits per heavy atom. The summed E-state index contributed by atoms with van der Waals surface area (Å²) >= 11 is 0. The zero-order chi connectivity index (χ0) is 12.8. The van der Waals surface area contributed by atoms with E-state index in [0.717, 1.165) is 0 Å². The molecule has 3 N–H and O–H groups in total. The third-order valence-electron chi connectivity index (χ3n) is 1.90. The summed E-state index contributed by atoms with van der Waals surface area (Å²) in [6, 6.07) is 0. The van der Waals surface area contributed by atoms with Gasteiger partial charge in [-0.2, -0.15) is 0 Å². The standard InChI is InChI=1S/C9H18N2O5/c1-9(5-12,10-8(14)15)6-16-4-7(13)11(2)3/h10,12H,4-6H2,1-3H3,(H,14,15). The minimum Gasteiger partial charge on any atom is -0.465 e. The molecule has 0 aromatic rings. The molecule has 0 aromatic carbocycles. The van der Waals surface area contributed by atoms with E-state index in [4.69, 9.17) is 14.9 Å². The van der Waals surface area contributed by atoms with Crippen molar-refractivity contribution in [1.82, 2.24) is 10.2 Å². The Morgan fingerprint density at radius 3 is 2.38 bits per heavy atom. The Kier molecular flexibility index (Phi) is 5.76. The molecule has 1 atom stereocenters. The van der Waals surface area contributed by atoms with Gasteiger partial charge >= 0.3 is 6.09 Å². The van der Waals surface area contributed by atoms with Crippen LogP contribution in [-0.2, 0) is 9.53 Å². The summed E-state index contributed by atoms with van der Waals surface area (Å²) in [5.74, 6) is -0.226. The van der Waals surface area contributed by atoms with Crippen LogP contribution in [0.25, 0.3) is 0 Å². The van der Waals surface area contributed by atoms with Crippen LogP contribution in [-0.4, -0.2) is 66.6 Å². The number of rotatable bonds is 6. The van der Waals surface area contributed by atoms with Crippen molar-refractivity contribution in [2.75, 3.05) is 33.9 Å². The van der Waals surface area contributed by atoms with Gasteiger partial charge in [-0.25, -0.2) is 4.79 Å². The molecule has 0 bridgehead atoms. The number of nitrogens with one attached hydrogen (secondary N) is 1. The number of amides is 2. The molecule has 1 unspecified atom stereocenters. The third kappa shape index (κ3) is 5.52. The topological polar surface area (TPSA) is 99.1 Å². The van der Waals surface area contributed by atoms with Gasteiger partial charge in [0, 0.05) is 14.1 Å². The monoisotopic (exact) mass is 234 g/mol. The minimum atomic E-state index is -1.25. The Bertz CT molecular complexity index is 256. The van der Waals surface area contributed by atoms with E-state index in [1.165, 1.54) is 11.8 Å². The maximum absolute atomic E-state index is 11.1. The first kappa shape index (κ1) is 14.7. The number of ether oxygens (including phenoxy) is 1. The maximum Gasteiger partial charge on any atom is 0.405 e. The second kappa shape index (κ2) is 6.29. The number of aliphatic hydroxyl groups excluding tert-OH is 1. The van der Waals surface area contributed by atoms with Crippen LogP contribution >= 0.6 is 0 Å². The first-order valence-corrected chi connectivity index (χ1v) is 4.70. The zero-order valence-corrected chi connectivity index (χ0v) is 9.69. The summed E-state index contributed by atoms with van der Waals surface area (Å²) in [7, 11) is 3.18. The number of nitrogens with zero attached hydrogens (tertiary/aromatic N) is 1. The lowest BCUT2D eigenvalue weighted by Crippen LogP contribution is -2.52. The van der Waals surface area contributed by atoms with Crippen molar-refractivity contribution < 1.29 is 24.5 Å². The lowest BCUT2D eigenvalue weighted by Gasteiger charge is -2.26. The second-order valence-electron chi connectivity index (χ2n) is 3.93. The fraction of sp³-hybridized carbons (Fsp3) is 0.778. The van der Waals surface area contributed by atoms with Gasteiger partial charge < -0.3 is 25.2 Å². The molecule has 0 aliphatic carbocycles. The van der Waals surface area contributed by atoms with Crippen LogP contribution in [0.4, 0.5) is 4.79 Å². The second-order valence-corrected chi connectivity index (χ2v) is 3.93. The summed E-state index contributed by atoms with van der Waals surface area (Å²) in [4.78, 5) is 22.9. The molecule has 0 heterocycles. The molecule has 94 valence electrons. The normalized spacial score (nSPS) is 14.0. The highest BCUT2D eigenvalue weighted by Gasteiger charge is 2.26. The average Bonchev–Trinajstić information content (AvgIpc) is 2.16. The lowest BCUT2D eigenvalue weighted by atomic mass is 10.1. The molecule has 7 nitrogen and oxygen atoms in total. The van der Waals surface area contributed by atoms with Gasteiger partial charge in [0.2, 0.25) is 5.91 Å². The van der Waals surface area contributed by atoms with Crippen LogP contribution in [0, 0.1) is 0 Å². The summed E-state index contributed by atoms with van der Waals surface area (Å²) in [5.41, 5.74) is -1.10. The number of carboxylic acid groups (broad SMARTS) is 1. The molecule has 16 heavy (non-hydrogen) atoms. The van der Waals surface area contributed by atoms with E-state index in [-0.39, 0.29) is 19.1 Å². The van der Waals surface area contributed by atoms with Crippen LogP contribution in [0.2, 0.25) is 0 Å². The predicted octanol–water partition coefficient (Wildman–Crippen LogP) is -0.890. The van der Waals surface area contributed by atoms with E-state index in [0.29, 0.717) is 0 Å². The quantitative estimate of drug-likeness (QED) is 0.553. The van der Waals surface area contributed by atoms with Crippen LogP contribution < -0.4 is 5.32 Å². The molecule has 0 rings (SSSR count). The van der Waals surface area contributed by atoms with E-state index in [2.05, 4.69) is 5.32 Å². The Hall–Kier alpha value is -1.34. The zero-order valence-electron chi connectivity index (χ0n) is 9.69. The number of carbonyl (C=O) groups excluding carboxylic acids is 1. The number of aliphatic hydroxyl groups is 1. The minimum absolute atomic E-state index is 0.0740. The van der Waals surface area contributed by atoms with E-state index < -0.39 is 18.2 Å². The van der Waals surface area contributed by atoms with Gasteiger partial charge in [-0.05, 0) is 6.92 Å². The Labute approximate surface area is 94.0 Å². The molecule has 0 aliphatic rings. The van der Waals surface area contributed by atoms with Gasteiger partial charge in [0.05, 0.1) is 18.8 Å². The molecule has 0 saturated heterocycles. The van der Waals surface area contributed by atoms with Crippen LogP contribution in [0.3, 0.4) is 0 Å². The number of hydrogen-bond acceptors (Lipinski definition) is 4. The first-order valence-electron chi connectivity index (χ1n) is 4.70. The van der Waals surface area contributed by atoms with Crippen molar-refractivity contribution >= 4 is 12.0 Å². The predicted molar refractivity (Wildman–Crippen MR) is 56.2 cm³/mol. The number of hydrogen-bond donors (Lipinski definition) is 3. The number of carbonyl (C=O) groups is 2. The van der Waals surface area contributed by atoms with E-state index in [9.17, 15) is 9.59 Å². The van der Waals surface area contributed by atoms with Crippen molar-refractivity contribution in [3.63, 3.8) is 0 Å². The average molecular weight is 234 g/mol.